The number of pyridine rings is 1. The molecule has 2 heterocycles. The van der Waals surface area contributed by atoms with Gasteiger partial charge >= 0.3 is 0 Å². The fraction of sp³-hybridized carbons (Fsp3) is 0.462. The average molecular weight is 238 g/mol. The predicted octanol–water partition coefficient (Wildman–Crippen LogP) is 2.76. The first kappa shape index (κ1) is 12.2. The van der Waals surface area contributed by atoms with Crippen molar-refractivity contribution < 1.29 is 8.78 Å². The van der Waals surface area contributed by atoms with E-state index in [4.69, 9.17) is 0 Å². The molecule has 1 N–H and O–H groups in total. The van der Waals surface area contributed by atoms with E-state index < -0.39 is 11.8 Å². The Kier molecular flexibility index (Phi) is 3.52. The topological polar surface area (TPSA) is 24.9 Å². The highest BCUT2D eigenvalue weighted by Crippen LogP contribution is 2.36. The molecular weight excluding hydrogens is 222 g/mol. The standard InChI is InChI=1S/C11H10F2N2.C2H6/c12-7-2-10(15-11(13)3-7)9-4-8-1-6(9)5-14-8;1-2/h2-4,6,8,14H,1,5H2;1-2H3. The second-order valence-corrected chi connectivity index (χ2v) is 4.06. The lowest BCUT2D eigenvalue weighted by Crippen LogP contribution is -2.22. The summed E-state index contributed by atoms with van der Waals surface area (Å²) < 4.78 is 25.9. The van der Waals surface area contributed by atoms with E-state index in [2.05, 4.69) is 10.3 Å². The average Bonchev–Trinajstić information content (AvgIpc) is 2.92. The highest BCUT2D eigenvalue weighted by molar-refractivity contribution is 5.69. The van der Waals surface area contributed by atoms with Gasteiger partial charge in [0.1, 0.15) is 5.82 Å². The van der Waals surface area contributed by atoms with E-state index >= 15 is 0 Å². The van der Waals surface area contributed by atoms with Crippen molar-refractivity contribution in [1.29, 1.82) is 0 Å². The third kappa shape index (κ3) is 2.36. The molecule has 0 aromatic carbocycles. The first-order chi connectivity index (χ1) is 8.22. The maximum absolute atomic E-state index is 13.0. The van der Waals surface area contributed by atoms with Crippen molar-refractivity contribution in [1.82, 2.24) is 10.3 Å². The zero-order chi connectivity index (χ0) is 12.4. The van der Waals surface area contributed by atoms with Crippen molar-refractivity contribution >= 4 is 5.57 Å². The van der Waals surface area contributed by atoms with Crippen LogP contribution in [0, 0.1) is 17.7 Å². The molecule has 0 saturated carbocycles. The lowest BCUT2D eigenvalue weighted by atomic mass is 9.99. The number of nitrogens with one attached hydrogen (secondary N) is 1. The molecule has 2 aliphatic rings. The van der Waals surface area contributed by atoms with Crippen LogP contribution >= 0.6 is 0 Å². The SMILES string of the molecule is CC.Fc1cc(F)nc(C2=CC3CC2CN3)c1. The summed E-state index contributed by atoms with van der Waals surface area (Å²) >= 11 is 0. The van der Waals surface area contributed by atoms with Crippen molar-refractivity contribution in [3.63, 3.8) is 0 Å². The first-order valence-electron chi connectivity index (χ1n) is 6.01. The number of aromatic nitrogens is 1. The van der Waals surface area contributed by atoms with Gasteiger partial charge in [0.2, 0.25) is 5.95 Å². The van der Waals surface area contributed by atoms with E-state index in [9.17, 15) is 8.78 Å². The van der Waals surface area contributed by atoms with Crippen molar-refractivity contribution in [3.8, 4) is 0 Å². The molecule has 4 heteroatoms. The number of hydrogen-bond donors (Lipinski definition) is 1. The summed E-state index contributed by atoms with van der Waals surface area (Å²) in [5, 5.41) is 3.29. The van der Waals surface area contributed by atoms with Crippen LogP contribution < -0.4 is 5.32 Å². The minimum Gasteiger partial charge on any atom is -0.310 e. The normalized spacial score (nSPS) is 25.3. The molecule has 1 aliphatic carbocycles. The van der Waals surface area contributed by atoms with Gasteiger partial charge in [-0.2, -0.15) is 4.39 Å². The Balaban J connectivity index is 0.000000514. The Morgan fingerprint density at radius 3 is 2.59 bits per heavy atom. The van der Waals surface area contributed by atoms with Gasteiger partial charge in [-0.15, -0.1) is 0 Å². The van der Waals surface area contributed by atoms with Gasteiger partial charge in [0.25, 0.3) is 0 Å². The number of nitrogens with zero attached hydrogens (tertiary/aromatic N) is 1. The molecule has 0 amide bonds. The minimum absolute atomic E-state index is 0.359. The molecule has 2 unspecified atom stereocenters. The smallest absolute Gasteiger partial charge is 0.216 e. The van der Waals surface area contributed by atoms with E-state index in [0.717, 1.165) is 24.6 Å². The molecule has 2 atom stereocenters. The molecule has 2 bridgehead atoms. The van der Waals surface area contributed by atoms with Crippen LogP contribution in [0.1, 0.15) is 26.0 Å². The largest absolute Gasteiger partial charge is 0.310 e. The molecule has 1 saturated heterocycles. The van der Waals surface area contributed by atoms with Crippen LogP contribution in [0.4, 0.5) is 8.78 Å². The third-order valence-electron chi connectivity index (χ3n) is 3.04. The summed E-state index contributed by atoms with van der Waals surface area (Å²) in [6, 6.07) is 2.46. The summed E-state index contributed by atoms with van der Waals surface area (Å²) in [5.41, 5.74) is 1.43. The van der Waals surface area contributed by atoms with Gasteiger partial charge in [-0.3, -0.25) is 0 Å². The van der Waals surface area contributed by atoms with Gasteiger partial charge in [0.05, 0.1) is 5.69 Å². The van der Waals surface area contributed by atoms with Gasteiger partial charge < -0.3 is 5.32 Å². The van der Waals surface area contributed by atoms with Crippen LogP contribution in [0.3, 0.4) is 0 Å². The highest BCUT2D eigenvalue weighted by Gasteiger charge is 2.33. The van der Waals surface area contributed by atoms with Crippen LogP contribution in [0.15, 0.2) is 18.2 Å². The maximum atomic E-state index is 13.0. The second-order valence-electron chi connectivity index (χ2n) is 4.06. The second kappa shape index (κ2) is 4.92. The molecule has 1 aromatic rings. The lowest BCUT2D eigenvalue weighted by molar-refractivity contribution is 0.549. The Morgan fingerprint density at radius 2 is 2.06 bits per heavy atom. The van der Waals surface area contributed by atoms with Crippen molar-refractivity contribution in [2.24, 2.45) is 5.92 Å². The Bertz CT molecular complexity index is 423. The van der Waals surface area contributed by atoms with E-state index in [-0.39, 0.29) is 0 Å². The Morgan fingerprint density at radius 1 is 1.29 bits per heavy atom. The highest BCUT2D eigenvalue weighted by atomic mass is 19.1. The predicted molar refractivity (Wildman–Crippen MR) is 63.4 cm³/mol. The van der Waals surface area contributed by atoms with Gasteiger partial charge in [0.15, 0.2) is 0 Å². The summed E-state index contributed by atoms with van der Waals surface area (Å²) in [4.78, 5) is 3.73. The van der Waals surface area contributed by atoms with Crippen LogP contribution in [0.25, 0.3) is 5.57 Å². The molecule has 92 valence electrons. The molecule has 1 aromatic heterocycles. The summed E-state index contributed by atoms with van der Waals surface area (Å²) in [7, 11) is 0. The van der Waals surface area contributed by atoms with E-state index in [0.29, 0.717) is 17.7 Å². The van der Waals surface area contributed by atoms with Gasteiger partial charge in [-0.1, -0.05) is 19.9 Å². The van der Waals surface area contributed by atoms with Crippen LogP contribution in [0.5, 0.6) is 0 Å². The number of hydrogen-bond acceptors (Lipinski definition) is 2. The summed E-state index contributed by atoms with van der Waals surface area (Å²) in [6.45, 7) is 4.89. The summed E-state index contributed by atoms with van der Waals surface area (Å²) in [6.07, 6.45) is 3.05. The molecule has 0 radical (unpaired) electrons. The molecule has 0 spiro atoms. The zero-order valence-electron chi connectivity index (χ0n) is 10.0. The van der Waals surface area contributed by atoms with Gasteiger partial charge in [-0.05, 0) is 12.0 Å². The van der Waals surface area contributed by atoms with Gasteiger partial charge in [-0.25, -0.2) is 9.37 Å². The van der Waals surface area contributed by atoms with Crippen molar-refractivity contribution in [3.05, 3.63) is 35.7 Å². The lowest BCUT2D eigenvalue weighted by Gasteiger charge is -2.13. The quantitative estimate of drug-likeness (QED) is 0.761. The molecule has 1 aliphatic heterocycles. The molecule has 2 nitrogen and oxygen atoms in total. The van der Waals surface area contributed by atoms with Crippen LogP contribution in [0.2, 0.25) is 0 Å². The fourth-order valence-electron chi connectivity index (χ4n) is 2.39. The zero-order valence-corrected chi connectivity index (χ0v) is 10.0. The Labute approximate surface area is 99.8 Å². The summed E-state index contributed by atoms with van der Waals surface area (Å²) in [5.74, 6) is -0.945. The third-order valence-corrected chi connectivity index (χ3v) is 3.04. The molecule has 3 rings (SSSR count). The van der Waals surface area contributed by atoms with E-state index in [1.807, 2.05) is 19.9 Å². The maximum Gasteiger partial charge on any atom is 0.216 e. The fourth-order valence-corrected chi connectivity index (χ4v) is 2.39. The van der Waals surface area contributed by atoms with Crippen LogP contribution in [-0.2, 0) is 0 Å². The van der Waals surface area contributed by atoms with Crippen molar-refractivity contribution in [2.75, 3.05) is 6.54 Å². The number of halogens is 2. The number of fused-ring (bicyclic) bond motifs is 2. The van der Waals surface area contributed by atoms with Gasteiger partial charge in [0, 0.05) is 30.6 Å². The monoisotopic (exact) mass is 238 g/mol. The van der Waals surface area contributed by atoms with Crippen LogP contribution in [-0.4, -0.2) is 17.6 Å². The molecular formula is C13H16F2N2. The first-order valence-corrected chi connectivity index (χ1v) is 6.01. The minimum atomic E-state index is -0.748. The molecule has 17 heavy (non-hydrogen) atoms. The van der Waals surface area contributed by atoms with E-state index in [1.165, 1.54) is 6.07 Å². The van der Waals surface area contributed by atoms with E-state index in [1.54, 1.807) is 0 Å². The number of rotatable bonds is 1. The Hall–Kier alpha value is -1.29. The van der Waals surface area contributed by atoms with Crippen molar-refractivity contribution in [2.45, 2.75) is 26.3 Å². The molecule has 1 fully saturated rings.